The first kappa shape index (κ1) is 13.9. The normalized spacial score (nSPS) is 16.2. The Morgan fingerprint density at radius 3 is 2.68 bits per heavy atom. The van der Waals surface area contributed by atoms with Gasteiger partial charge in [-0.2, -0.15) is 0 Å². The van der Waals surface area contributed by atoms with Crippen LogP contribution in [0.2, 0.25) is 0 Å². The van der Waals surface area contributed by atoms with Gasteiger partial charge in [0.15, 0.2) is 0 Å². The first-order valence-electron chi connectivity index (χ1n) is 6.67. The van der Waals surface area contributed by atoms with E-state index >= 15 is 0 Å². The Hall–Kier alpha value is -1.55. The van der Waals surface area contributed by atoms with E-state index < -0.39 is 5.60 Å². The number of nitrogens with zero attached hydrogens (tertiary/aromatic N) is 1. The summed E-state index contributed by atoms with van der Waals surface area (Å²) in [5.74, 6) is 0. The lowest BCUT2D eigenvalue weighted by molar-refractivity contribution is 0.0584. The van der Waals surface area contributed by atoms with Gasteiger partial charge >= 0.3 is 6.09 Å². The van der Waals surface area contributed by atoms with Crippen molar-refractivity contribution in [3.63, 3.8) is 0 Å². The molecule has 19 heavy (non-hydrogen) atoms. The van der Waals surface area contributed by atoms with Crippen molar-refractivity contribution in [1.82, 2.24) is 0 Å². The van der Waals surface area contributed by atoms with Gasteiger partial charge in [0.2, 0.25) is 0 Å². The molecule has 1 heterocycles. The van der Waals surface area contributed by atoms with Crippen LogP contribution in [0.15, 0.2) is 18.2 Å². The molecule has 104 valence electrons. The van der Waals surface area contributed by atoms with Gasteiger partial charge in [-0.15, -0.1) is 0 Å². The minimum atomic E-state index is -0.467. The Balaban J connectivity index is 2.21. The highest BCUT2D eigenvalue weighted by atomic mass is 16.6. The third kappa shape index (κ3) is 3.07. The van der Waals surface area contributed by atoms with Crippen LogP contribution < -0.4 is 10.6 Å². The van der Waals surface area contributed by atoms with Crippen LogP contribution in [-0.4, -0.2) is 18.2 Å². The van der Waals surface area contributed by atoms with Gasteiger partial charge in [0.25, 0.3) is 0 Å². The molecule has 0 aliphatic carbocycles. The number of carbonyl (C=O) groups excluding carboxylic acids is 1. The number of rotatable bonds is 1. The second-order valence-corrected chi connectivity index (χ2v) is 6.06. The van der Waals surface area contributed by atoms with Crippen LogP contribution in [0.1, 0.15) is 44.9 Å². The average Bonchev–Trinajstić information content (AvgIpc) is 2.68. The number of ether oxygens (including phenoxy) is 1. The lowest BCUT2D eigenvalue weighted by atomic mass is 10.0. The Kier molecular flexibility index (Phi) is 3.54. The molecule has 1 amide bonds. The summed E-state index contributed by atoms with van der Waals surface area (Å²) >= 11 is 0. The molecular formula is C15H22N2O2. The second-order valence-electron chi connectivity index (χ2n) is 6.06. The molecule has 0 saturated heterocycles. The number of benzene rings is 1. The number of nitrogens with two attached hydrogens (primary N) is 1. The maximum Gasteiger partial charge on any atom is 0.414 e. The van der Waals surface area contributed by atoms with Crippen LogP contribution >= 0.6 is 0 Å². The number of anilines is 1. The molecule has 1 aliphatic rings. The molecule has 0 spiro atoms. The van der Waals surface area contributed by atoms with E-state index in [1.54, 1.807) is 4.90 Å². The molecule has 1 aromatic rings. The fourth-order valence-electron chi connectivity index (χ4n) is 2.21. The predicted octanol–water partition coefficient (Wildman–Crippen LogP) is 3.00. The number of carbonyl (C=O) groups is 1. The number of hydrogen-bond donors (Lipinski definition) is 1. The molecule has 2 rings (SSSR count). The average molecular weight is 262 g/mol. The van der Waals surface area contributed by atoms with Gasteiger partial charge in [0.05, 0.1) is 5.69 Å². The van der Waals surface area contributed by atoms with Crippen LogP contribution in [-0.2, 0) is 11.2 Å². The van der Waals surface area contributed by atoms with Gasteiger partial charge in [-0.3, -0.25) is 4.90 Å². The number of hydrogen-bond acceptors (Lipinski definition) is 3. The number of amides is 1. The zero-order valence-corrected chi connectivity index (χ0v) is 12.1. The molecule has 0 saturated carbocycles. The van der Waals surface area contributed by atoms with E-state index in [4.69, 9.17) is 10.5 Å². The summed E-state index contributed by atoms with van der Waals surface area (Å²) in [6, 6.07) is 6.04. The van der Waals surface area contributed by atoms with E-state index in [9.17, 15) is 4.79 Å². The fourth-order valence-corrected chi connectivity index (χ4v) is 2.21. The summed E-state index contributed by atoms with van der Waals surface area (Å²) < 4.78 is 5.42. The first-order valence-corrected chi connectivity index (χ1v) is 6.67. The molecular weight excluding hydrogens is 240 g/mol. The molecule has 0 bridgehead atoms. The molecule has 0 radical (unpaired) electrons. The van der Waals surface area contributed by atoms with Crippen molar-refractivity contribution in [2.24, 2.45) is 5.73 Å². The highest BCUT2D eigenvalue weighted by molar-refractivity contribution is 5.90. The maximum atomic E-state index is 12.1. The molecule has 4 nitrogen and oxygen atoms in total. The Morgan fingerprint density at radius 2 is 2.11 bits per heavy atom. The monoisotopic (exact) mass is 262 g/mol. The quantitative estimate of drug-likeness (QED) is 0.846. The van der Waals surface area contributed by atoms with Crippen LogP contribution in [0.5, 0.6) is 0 Å². The lowest BCUT2D eigenvalue weighted by Gasteiger charge is -2.24. The Labute approximate surface area is 114 Å². The third-order valence-corrected chi connectivity index (χ3v) is 3.14. The van der Waals surface area contributed by atoms with Crippen molar-refractivity contribution >= 4 is 11.8 Å². The van der Waals surface area contributed by atoms with Crippen LogP contribution in [0.4, 0.5) is 10.5 Å². The smallest absolute Gasteiger partial charge is 0.414 e. The van der Waals surface area contributed by atoms with E-state index in [0.29, 0.717) is 6.54 Å². The molecule has 2 N–H and O–H groups in total. The van der Waals surface area contributed by atoms with E-state index in [2.05, 4.69) is 6.07 Å². The van der Waals surface area contributed by atoms with E-state index in [-0.39, 0.29) is 12.1 Å². The fraction of sp³-hybridized carbons (Fsp3) is 0.533. The van der Waals surface area contributed by atoms with Gasteiger partial charge in [-0.25, -0.2) is 4.79 Å². The second kappa shape index (κ2) is 4.85. The maximum absolute atomic E-state index is 12.1. The van der Waals surface area contributed by atoms with Crippen molar-refractivity contribution in [2.75, 3.05) is 11.4 Å². The molecule has 1 aliphatic heterocycles. The number of fused-ring (bicyclic) bond motifs is 1. The minimum absolute atomic E-state index is 0.0147. The van der Waals surface area contributed by atoms with Crippen LogP contribution in [0.25, 0.3) is 0 Å². The minimum Gasteiger partial charge on any atom is -0.443 e. The molecule has 1 unspecified atom stereocenters. The van der Waals surface area contributed by atoms with Crippen molar-refractivity contribution in [3.8, 4) is 0 Å². The molecule has 4 heteroatoms. The Morgan fingerprint density at radius 1 is 1.42 bits per heavy atom. The van der Waals surface area contributed by atoms with Gasteiger partial charge in [-0.1, -0.05) is 12.1 Å². The SMILES string of the molecule is CC(N)c1ccc2c(c1)CCN2C(=O)OC(C)(C)C. The molecule has 0 aromatic heterocycles. The summed E-state index contributed by atoms with van der Waals surface area (Å²) in [6.45, 7) is 8.26. The van der Waals surface area contributed by atoms with Gasteiger partial charge in [-0.05, 0) is 51.3 Å². The highest BCUT2D eigenvalue weighted by Crippen LogP contribution is 2.31. The molecule has 0 fully saturated rings. The van der Waals surface area contributed by atoms with E-state index in [0.717, 1.165) is 17.7 Å². The zero-order valence-electron chi connectivity index (χ0n) is 12.1. The topological polar surface area (TPSA) is 55.6 Å². The summed E-state index contributed by atoms with van der Waals surface area (Å²) in [5.41, 5.74) is 8.63. The summed E-state index contributed by atoms with van der Waals surface area (Å²) in [5, 5.41) is 0. The Bertz CT molecular complexity index is 489. The van der Waals surface area contributed by atoms with Gasteiger partial charge in [0.1, 0.15) is 5.60 Å². The van der Waals surface area contributed by atoms with Gasteiger partial charge in [0, 0.05) is 12.6 Å². The highest BCUT2D eigenvalue weighted by Gasteiger charge is 2.29. The standard InChI is InChI=1S/C15H22N2O2/c1-10(16)11-5-6-13-12(9-11)7-8-17(13)14(18)19-15(2,3)4/h5-6,9-10H,7-8,16H2,1-4H3. The first-order chi connectivity index (χ1) is 8.78. The van der Waals surface area contributed by atoms with Crippen molar-refractivity contribution in [1.29, 1.82) is 0 Å². The zero-order chi connectivity index (χ0) is 14.2. The van der Waals surface area contributed by atoms with Crippen molar-refractivity contribution < 1.29 is 9.53 Å². The summed E-state index contributed by atoms with van der Waals surface area (Å²) in [7, 11) is 0. The largest absolute Gasteiger partial charge is 0.443 e. The van der Waals surface area contributed by atoms with Crippen LogP contribution in [0, 0.1) is 0 Å². The summed E-state index contributed by atoms with van der Waals surface area (Å²) in [6.07, 6.45) is 0.578. The molecule has 1 aromatic carbocycles. The predicted molar refractivity (Wildman–Crippen MR) is 76.3 cm³/mol. The van der Waals surface area contributed by atoms with E-state index in [1.165, 1.54) is 5.56 Å². The van der Waals surface area contributed by atoms with Gasteiger partial charge < -0.3 is 10.5 Å². The van der Waals surface area contributed by atoms with Crippen molar-refractivity contribution in [2.45, 2.75) is 45.8 Å². The summed E-state index contributed by atoms with van der Waals surface area (Å²) in [4.78, 5) is 13.8. The van der Waals surface area contributed by atoms with Crippen molar-refractivity contribution in [3.05, 3.63) is 29.3 Å². The van der Waals surface area contributed by atoms with E-state index in [1.807, 2.05) is 39.8 Å². The lowest BCUT2D eigenvalue weighted by Crippen LogP contribution is -2.35. The third-order valence-electron chi connectivity index (χ3n) is 3.14. The molecule has 1 atom stereocenters. The van der Waals surface area contributed by atoms with Crippen LogP contribution in [0.3, 0.4) is 0 Å².